The van der Waals surface area contributed by atoms with Crippen LogP contribution in [0.4, 0.5) is 19.3 Å². The second kappa shape index (κ2) is 5.85. The van der Waals surface area contributed by atoms with E-state index in [4.69, 9.17) is 5.11 Å². The van der Waals surface area contributed by atoms with Crippen LogP contribution in [0.5, 0.6) is 0 Å². The number of hydrogen-bond acceptors (Lipinski definition) is 2. The molecule has 1 unspecified atom stereocenters. The fourth-order valence-electron chi connectivity index (χ4n) is 2.15. The summed E-state index contributed by atoms with van der Waals surface area (Å²) in [7, 11) is 0. The van der Waals surface area contributed by atoms with E-state index in [-0.39, 0.29) is 12.2 Å². The summed E-state index contributed by atoms with van der Waals surface area (Å²) in [6, 6.07) is 2.12. The van der Waals surface area contributed by atoms with Crippen molar-refractivity contribution in [2.45, 2.75) is 12.8 Å². The minimum absolute atomic E-state index is 0.0676. The van der Waals surface area contributed by atoms with E-state index in [2.05, 4.69) is 5.32 Å². The van der Waals surface area contributed by atoms with Gasteiger partial charge in [-0.15, -0.1) is 0 Å². The van der Waals surface area contributed by atoms with Crippen molar-refractivity contribution < 1.29 is 23.5 Å². The van der Waals surface area contributed by atoms with Gasteiger partial charge in [-0.3, -0.25) is 4.79 Å². The Kier molecular flexibility index (Phi) is 4.16. The first-order valence-corrected chi connectivity index (χ1v) is 6.21. The highest BCUT2D eigenvalue weighted by molar-refractivity contribution is 5.89. The lowest BCUT2D eigenvalue weighted by molar-refractivity contribution is -0.143. The summed E-state index contributed by atoms with van der Waals surface area (Å²) >= 11 is 0. The molecule has 1 atom stereocenters. The Balaban J connectivity index is 2.04. The van der Waals surface area contributed by atoms with Gasteiger partial charge in [0, 0.05) is 19.2 Å². The highest BCUT2D eigenvalue weighted by Gasteiger charge is 2.28. The summed E-state index contributed by atoms with van der Waals surface area (Å²) in [5, 5.41) is 11.2. The molecule has 7 heteroatoms. The summed E-state index contributed by atoms with van der Waals surface area (Å²) in [6.45, 7) is 0.463. The fourth-order valence-corrected chi connectivity index (χ4v) is 2.15. The first-order valence-electron chi connectivity index (χ1n) is 6.21. The van der Waals surface area contributed by atoms with Gasteiger partial charge in [-0.1, -0.05) is 0 Å². The van der Waals surface area contributed by atoms with Gasteiger partial charge in [0.15, 0.2) is 0 Å². The predicted octanol–water partition coefficient (Wildman–Crippen LogP) is 2.29. The number of benzene rings is 1. The molecule has 1 aliphatic heterocycles. The Bertz CT molecular complexity index is 536. The maximum atomic E-state index is 13.4. The van der Waals surface area contributed by atoms with Crippen LogP contribution in [0.25, 0.3) is 0 Å². The molecule has 2 rings (SSSR count). The van der Waals surface area contributed by atoms with E-state index in [1.54, 1.807) is 0 Å². The number of amides is 2. The van der Waals surface area contributed by atoms with Gasteiger partial charge in [-0.25, -0.2) is 13.6 Å². The van der Waals surface area contributed by atoms with Gasteiger partial charge in [0.05, 0.1) is 11.6 Å². The molecule has 2 amide bonds. The number of halogens is 2. The fraction of sp³-hybridized carbons (Fsp3) is 0.385. The molecular formula is C13H14F2N2O3. The van der Waals surface area contributed by atoms with Gasteiger partial charge in [0.2, 0.25) is 0 Å². The third-order valence-corrected chi connectivity index (χ3v) is 3.23. The Morgan fingerprint density at radius 2 is 2.10 bits per heavy atom. The van der Waals surface area contributed by atoms with Crippen molar-refractivity contribution in [3.8, 4) is 0 Å². The average molecular weight is 284 g/mol. The number of carboxylic acids is 1. The molecule has 0 aliphatic carbocycles. The molecule has 0 aromatic heterocycles. The largest absolute Gasteiger partial charge is 0.481 e. The first kappa shape index (κ1) is 14.2. The van der Waals surface area contributed by atoms with Crippen LogP contribution < -0.4 is 5.32 Å². The van der Waals surface area contributed by atoms with Crippen LogP contribution in [0, 0.1) is 17.6 Å². The Morgan fingerprint density at radius 3 is 2.80 bits per heavy atom. The topological polar surface area (TPSA) is 69.6 Å². The van der Waals surface area contributed by atoms with Crippen LogP contribution in [-0.2, 0) is 4.79 Å². The van der Waals surface area contributed by atoms with Crippen LogP contribution in [0.15, 0.2) is 18.2 Å². The van der Waals surface area contributed by atoms with Crippen molar-refractivity contribution in [1.82, 2.24) is 4.90 Å². The maximum absolute atomic E-state index is 13.4. The lowest BCUT2D eigenvalue weighted by Gasteiger charge is -2.30. The van der Waals surface area contributed by atoms with Crippen LogP contribution in [0.3, 0.4) is 0 Å². The monoisotopic (exact) mass is 284 g/mol. The number of piperidine rings is 1. The van der Waals surface area contributed by atoms with E-state index in [0.29, 0.717) is 19.4 Å². The number of hydrogen-bond donors (Lipinski definition) is 2. The van der Waals surface area contributed by atoms with Crippen molar-refractivity contribution in [2.75, 3.05) is 18.4 Å². The van der Waals surface area contributed by atoms with E-state index in [0.717, 1.165) is 18.2 Å². The number of anilines is 1. The van der Waals surface area contributed by atoms with Gasteiger partial charge in [-0.2, -0.15) is 0 Å². The maximum Gasteiger partial charge on any atom is 0.321 e. The normalized spacial score (nSPS) is 18.7. The predicted molar refractivity (Wildman–Crippen MR) is 67.3 cm³/mol. The molecule has 1 aliphatic rings. The molecule has 20 heavy (non-hydrogen) atoms. The van der Waals surface area contributed by atoms with Crippen LogP contribution in [0.1, 0.15) is 12.8 Å². The number of carbonyl (C=O) groups excluding carboxylic acids is 1. The molecule has 2 N–H and O–H groups in total. The van der Waals surface area contributed by atoms with E-state index in [9.17, 15) is 18.4 Å². The molecule has 0 saturated carbocycles. The molecule has 0 bridgehead atoms. The molecule has 1 aromatic carbocycles. The summed E-state index contributed by atoms with van der Waals surface area (Å²) in [5.41, 5.74) is -0.257. The summed E-state index contributed by atoms with van der Waals surface area (Å²) < 4.78 is 26.4. The number of nitrogens with zero attached hydrogens (tertiary/aromatic N) is 1. The molecule has 5 nitrogen and oxygen atoms in total. The molecule has 0 spiro atoms. The Labute approximate surface area is 114 Å². The zero-order chi connectivity index (χ0) is 14.7. The molecule has 1 fully saturated rings. The average Bonchev–Trinajstić information content (AvgIpc) is 2.43. The van der Waals surface area contributed by atoms with Crippen molar-refractivity contribution in [2.24, 2.45) is 5.92 Å². The van der Waals surface area contributed by atoms with E-state index in [1.807, 2.05) is 0 Å². The SMILES string of the molecule is O=C(O)C1CCCN(C(=O)Nc2cc(F)ccc2F)C1. The van der Waals surface area contributed by atoms with E-state index < -0.39 is 29.6 Å². The third-order valence-electron chi connectivity index (χ3n) is 3.23. The van der Waals surface area contributed by atoms with Crippen LogP contribution >= 0.6 is 0 Å². The summed E-state index contributed by atoms with van der Waals surface area (Å²) in [4.78, 5) is 24.1. The van der Waals surface area contributed by atoms with Gasteiger partial charge in [0.1, 0.15) is 11.6 Å². The van der Waals surface area contributed by atoms with E-state index >= 15 is 0 Å². The molecule has 1 saturated heterocycles. The van der Waals surface area contributed by atoms with Crippen molar-refractivity contribution in [3.63, 3.8) is 0 Å². The van der Waals surface area contributed by atoms with Crippen molar-refractivity contribution in [1.29, 1.82) is 0 Å². The Hall–Kier alpha value is -2.18. The molecule has 1 aromatic rings. The zero-order valence-corrected chi connectivity index (χ0v) is 10.6. The van der Waals surface area contributed by atoms with Gasteiger partial charge in [0.25, 0.3) is 0 Å². The minimum Gasteiger partial charge on any atom is -0.481 e. The van der Waals surface area contributed by atoms with Crippen LogP contribution in [-0.4, -0.2) is 35.1 Å². The number of aliphatic carboxylic acids is 1. The molecular weight excluding hydrogens is 270 g/mol. The minimum atomic E-state index is -0.959. The standard InChI is InChI=1S/C13H14F2N2O3/c14-9-3-4-10(15)11(6-9)16-13(20)17-5-1-2-8(7-17)12(18)19/h3-4,6,8H,1-2,5,7H2,(H,16,20)(H,18,19). The Morgan fingerprint density at radius 1 is 1.35 bits per heavy atom. The number of carboxylic acid groups (broad SMARTS) is 1. The number of urea groups is 1. The zero-order valence-electron chi connectivity index (χ0n) is 10.6. The third kappa shape index (κ3) is 3.23. The molecule has 0 radical (unpaired) electrons. The highest BCUT2D eigenvalue weighted by atomic mass is 19.1. The van der Waals surface area contributed by atoms with Gasteiger partial charge in [-0.05, 0) is 25.0 Å². The van der Waals surface area contributed by atoms with Crippen molar-refractivity contribution >= 4 is 17.7 Å². The van der Waals surface area contributed by atoms with E-state index in [1.165, 1.54) is 4.90 Å². The number of rotatable bonds is 2. The molecule has 1 heterocycles. The smallest absolute Gasteiger partial charge is 0.321 e. The summed E-state index contributed by atoms with van der Waals surface area (Å²) in [6.07, 6.45) is 1.07. The molecule has 108 valence electrons. The second-order valence-corrected chi connectivity index (χ2v) is 4.68. The van der Waals surface area contributed by atoms with Gasteiger partial charge < -0.3 is 15.3 Å². The first-order chi connectivity index (χ1) is 9.47. The van der Waals surface area contributed by atoms with Crippen LogP contribution in [0.2, 0.25) is 0 Å². The van der Waals surface area contributed by atoms with Gasteiger partial charge >= 0.3 is 12.0 Å². The second-order valence-electron chi connectivity index (χ2n) is 4.68. The summed E-state index contributed by atoms with van der Waals surface area (Å²) in [5.74, 6) is -2.98. The quantitative estimate of drug-likeness (QED) is 0.875. The highest BCUT2D eigenvalue weighted by Crippen LogP contribution is 2.19. The number of carbonyl (C=O) groups is 2. The number of nitrogens with one attached hydrogen (secondary N) is 1. The number of likely N-dealkylation sites (tertiary alicyclic amines) is 1. The lowest BCUT2D eigenvalue weighted by Crippen LogP contribution is -2.44. The lowest BCUT2D eigenvalue weighted by atomic mass is 9.99. The van der Waals surface area contributed by atoms with Crippen molar-refractivity contribution in [3.05, 3.63) is 29.8 Å².